The molecular weight excluding hydrogens is 859 g/mol. The first kappa shape index (κ1) is 44.5. The fraction of sp³-hybridized carbons (Fsp3) is 0.188. The molecule has 0 spiro atoms. The molecule has 1 heterocycles. The minimum absolute atomic E-state index is 0.00383. The van der Waals surface area contributed by atoms with Crippen molar-refractivity contribution in [1.82, 2.24) is 0 Å². The summed E-state index contributed by atoms with van der Waals surface area (Å²) in [7, 11) is 0. The zero-order chi connectivity index (χ0) is 48.8. The SMILES string of the molecule is CC(C)(C)c1cc(-c2cccc3c2=C(c2ccccc2N(c2ccc(-c4cccc5c4-c4ccccc4C5(C)C)cc2)c2ccccc2-c2ccc4c(c2)oc2ccccc24)CCC=3)cc(C(C)(C)C)c1. The molecule has 2 heteroatoms. The molecule has 0 saturated heterocycles. The molecule has 2 nitrogen and oxygen atoms in total. The fourth-order valence-electron chi connectivity index (χ4n) is 11.7. The summed E-state index contributed by atoms with van der Waals surface area (Å²) in [4.78, 5) is 2.51. The zero-order valence-electron chi connectivity index (χ0n) is 42.3. The zero-order valence-corrected chi connectivity index (χ0v) is 42.3. The van der Waals surface area contributed by atoms with Crippen LogP contribution in [0.1, 0.15) is 96.0 Å². The maximum absolute atomic E-state index is 6.52. The van der Waals surface area contributed by atoms with Crippen molar-refractivity contribution in [2.24, 2.45) is 0 Å². The molecule has 0 N–H and O–H groups in total. The van der Waals surface area contributed by atoms with Gasteiger partial charge in [-0.2, -0.15) is 0 Å². The van der Waals surface area contributed by atoms with Crippen LogP contribution in [0.15, 0.2) is 199 Å². The van der Waals surface area contributed by atoms with E-state index in [1.165, 1.54) is 77.2 Å². The van der Waals surface area contributed by atoms with Crippen molar-refractivity contribution >= 4 is 50.6 Å². The number of furan rings is 1. The van der Waals surface area contributed by atoms with Crippen molar-refractivity contribution in [2.45, 2.75) is 84.5 Å². The molecule has 0 unspecified atom stereocenters. The van der Waals surface area contributed by atoms with Crippen molar-refractivity contribution < 1.29 is 4.42 Å². The molecule has 0 fully saturated rings. The van der Waals surface area contributed by atoms with Gasteiger partial charge >= 0.3 is 0 Å². The van der Waals surface area contributed by atoms with E-state index in [1.54, 1.807) is 0 Å². The summed E-state index contributed by atoms with van der Waals surface area (Å²) in [6.45, 7) is 18.7. The van der Waals surface area contributed by atoms with Gasteiger partial charge in [0.05, 0.1) is 11.4 Å². The van der Waals surface area contributed by atoms with E-state index in [0.29, 0.717) is 0 Å². The number of rotatable bonds is 7. The van der Waals surface area contributed by atoms with Gasteiger partial charge in [0, 0.05) is 33.0 Å². The maximum atomic E-state index is 6.52. The van der Waals surface area contributed by atoms with Crippen LogP contribution < -0.4 is 15.3 Å². The highest BCUT2D eigenvalue weighted by Crippen LogP contribution is 2.53. The van der Waals surface area contributed by atoms with E-state index >= 15 is 0 Å². The summed E-state index contributed by atoms with van der Waals surface area (Å²) in [6.07, 6.45) is 4.35. The molecule has 2 aliphatic carbocycles. The van der Waals surface area contributed by atoms with Gasteiger partial charge in [-0.1, -0.05) is 213 Å². The van der Waals surface area contributed by atoms with E-state index in [4.69, 9.17) is 4.42 Å². The van der Waals surface area contributed by atoms with Crippen LogP contribution in [0.4, 0.5) is 17.1 Å². The second-order valence-electron chi connectivity index (χ2n) is 22.4. The van der Waals surface area contributed by atoms with E-state index in [0.717, 1.165) is 63.0 Å². The lowest BCUT2D eigenvalue weighted by Crippen LogP contribution is -2.32. The van der Waals surface area contributed by atoms with E-state index in [1.807, 2.05) is 6.07 Å². The Morgan fingerprint density at radius 1 is 0.451 bits per heavy atom. The molecule has 0 saturated carbocycles. The van der Waals surface area contributed by atoms with Crippen LogP contribution >= 0.6 is 0 Å². The fourth-order valence-corrected chi connectivity index (χ4v) is 11.7. The molecule has 2 aliphatic rings. The maximum Gasteiger partial charge on any atom is 0.136 e. The minimum Gasteiger partial charge on any atom is -0.456 e. The Labute approximate surface area is 419 Å². The van der Waals surface area contributed by atoms with Gasteiger partial charge < -0.3 is 9.32 Å². The molecule has 10 aromatic rings. The highest BCUT2D eigenvalue weighted by Gasteiger charge is 2.36. The smallest absolute Gasteiger partial charge is 0.136 e. The van der Waals surface area contributed by atoms with Gasteiger partial charge in [0.2, 0.25) is 0 Å². The van der Waals surface area contributed by atoms with Gasteiger partial charge in [0.15, 0.2) is 0 Å². The van der Waals surface area contributed by atoms with Gasteiger partial charge in [-0.3, -0.25) is 0 Å². The van der Waals surface area contributed by atoms with Crippen molar-refractivity contribution in [2.75, 3.05) is 4.90 Å². The summed E-state index contributed by atoms with van der Waals surface area (Å²) in [5, 5.41) is 4.89. The Balaban J connectivity index is 1.08. The molecule has 0 bridgehead atoms. The van der Waals surface area contributed by atoms with Crippen molar-refractivity contribution in [3.63, 3.8) is 0 Å². The topological polar surface area (TPSA) is 16.4 Å². The van der Waals surface area contributed by atoms with Crippen molar-refractivity contribution in [1.29, 1.82) is 0 Å². The van der Waals surface area contributed by atoms with Crippen LogP contribution in [0.2, 0.25) is 0 Å². The average Bonchev–Trinajstić information content (AvgIpc) is 3.87. The summed E-state index contributed by atoms with van der Waals surface area (Å²) < 4.78 is 6.52. The number of benzene rings is 9. The van der Waals surface area contributed by atoms with E-state index in [9.17, 15) is 0 Å². The van der Waals surface area contributed by atoms with Gasteiger partial charge in [-0.05, 0) is 143 Å². The highest BCUT2D eigenvalue weighted by atomic mass is 16.3. The van der Waals surface area contributed by atoms with Gasteiger partial charge in [0.25, 0.3) is 0 Å². The number of anilines is 3. The summed E-state index contributed by atoms with van der Waals surface area (Å²) in [5.74, 6) is 0. The number of hydrogen-bond acceptors (Lipinski definition) is 2. The Bertz CT molecular complexity index is 3830. The summed E-state index contributed by atoms with van der Waals surface area (Å²) in [5.41, 5.74) is 23.1. The number of nitrogens with zero attached hydrogens (tertiary/aromatic N) is 1. The van der Waals surface area contributed by atoms with Gasteiger partial charge in [0.1, 0.15) is 11.2 Å². The van der Waals surface area contributed by atoms with Crippen LogP contribution in [-0.4, -0.2) is 0 Å². The van der Waals surface area contributed by atoms with Crippen LogP contribution in [0.3, 0.4) is 0 Å². The van der Waals surface area contributed by atoms with Gasteiger partial charge in [-0.15, -0.1) is 0 Å². The molecule has 0 amide bonds. The third-order valence-corrected chi connectivity index (χ3v) is 15.5. The Hall–Kier alpha value is -7.68. The first-order chi connectivity index (χ1) is 34.2. The molecule has 0 aliphatic heterocycles. The molecule has 12 rings (SSSR count). The number of hydrogen-bond donors (Lipinski definition) is 0. The quantitative estimate of drug-likeness (QED) is 0.158. The van der Waals surface area contributed by atoms with Crippen LogP contribution in [-0.2, 0) is 16.2 Å². The third-order valence-electron chi connectivity index (χ3n) is 15.5. The lowest BCUT2D eigenvalue weighted by molar-refractivity contribution is 0.569. The number of fused-ring (bicyclic) bond motifs is 7. The molecule has 0 radical (unpaired) electrons. The van der Waals surface area contributed by atoms with Crippen LogP contribution in [0.25, 0.3) is 78.1 Å². The first-order valence-corrected chi connectivity index (χ1v) is 25.5. The molecule has 1 aromatic heterocycles. The predicted molar refractivity (Wildman–Crippen MR) is 302 cm³/mol. The second-order valence-corrected chi connectivity index (χ2v) is 22.4. The van der Waals surface area contributed by atoms with Gasteiger partial charge in [-0.25, -0.2) is 0 Å². The summed E-state index contributed by atoms with van der Waals surface area (Å²) >= 11 is 0. The highest BCUT2D eigenvalue weighted by molar-refractivity contribution is 6.06. The molecule has 71 heavy (non-hydrogen) atoms. The molecule has 348 valence electrons. The van der Waals surface area contributed by atoms with E-state index in [-0.39, 0.29) is 16.2 Å². The lowest BCUT2D eigenvalue weighted by Gasteiger charge is -2.31. The van der Waals surface area contributed by atoms with E-state index < -0.39 is 0 Å². The standard InChI is InChI=1S/C69H61NO/c1-67(2,3)48-40-47(41-49(43-48)68(4,5)6)53-26-17-20-45-21-18-28-57(65(45)53)54-23-11-15-32-62(54)70(61-31-14-10-22-51(61)46-36-39-56-55-24-12-16-33-63(55)71-64(56)42-46)50-37-34-44(35-38-50)52-27-19-30-60-66(52)58-25-9-13-29-59(58)69(60,7)8/h9-17,19-27,29-43H,18,28H2,1-8H3. The number of para-hydroxylation sites is 3. The summed E-state index contributed by atoms with van der Waals surface area (Å²) in [6, 6.07) is 72.5. The first-order valence-electron chi connectivity index (χ1n) is 25.5. The normalized spacial score (nSPS) is 14.0. The van der Waals surface area contributed by atoms with Crippen molar-refractivity contribution in [3.05, 3.63) is 232 Å². The van der Waals surface area contributed by atoms with Crippen LogP contribution in [0, 0.1) is 0 Å². The third kappa shape index (κ3) is 7.55. The lowest BCUT2D eigenvalue weighted by atomic mass is 9.78. The largest absolute Gasteiger partial charge is 0.456 e. The van der Waals surface area contributed by atoms with E-state index in [2.05, 4.69) is 254 Å². The average molecular weight is 920 g/mol. The Kier molecular flexibility index (Phi) is 10.5. The monoisotopic (exact) mass is 919 g/mol. The second kappa shape index (κ2) is 16.7. The minimum atomic E-state index is -0.0746. The Morgan fingerprint density at radius 3 is 1.77 bits per heavy atom. The van der Waals surface area contributed by atoms with Crippen LogP contribution in [0.5, 0.6) is 0 Å². The Morgan fingerprint density at radius 2 is 1.03 bits per heavy atom. The predicted octanol–water partition coefficient (Wildman–Crippen LogP) is 17.7. The van der Waals surface area contributed by atoms with Crippen molar-refractivity contribution in [3.8, 4) is 44.5 Å². The molecular formula is C69H61NO. The molecule has 9 aromatic carbocycles. The molecule has 0 atom stereocenters.